The number of esters is 1. The van der Waals surface area contributed by atoms with E-state index in [9.17, 15) is 4.79 Å². The molecule has 0 aliphatic carbocycles. The first-order valence-corrected chi connectivity index (χ1v) is 10.6. The molecule has 0 aliphatic rings. The minimum atomic E-state index is -0.496. The number of carbonyl (C=O) groups is 1. The van der Waals surface area contributed by atoms with Gasteiger partial charge in [0.15, 0.2) is 17.2 Å². The lowest BCUT2D eigenvalue weighted by molar-refractivity contribution is 0.0466. The Kier molecular flexibility index (Phi) is 4.87. The molecule has 156 valence electrons. The zero-order chi connectivity index (χ0) is 21.4. The van der Waals surface area contributed by atoms with E-state index in [4.69, 9.17) is 13.7 Å². The van der Waals surface area contributed by atoms with Crippen LogP contribution in [-0.2, 0) is 11.3 Å². The smallest absolute Gasteiger partial charge is 0.339 e. The molecule has 0 fully saturated rings. The predicted octanol–water partition coefficient (Wildman–Crippen LogP) is 5.35. The van der Waals surface area contributed by atoms with Crippen LogP contribution in [0.5, 0.6) is 0 Å². The molecule has 0 saturated heterocycles. The predicted molar refractivity (Wildman–Crippen MR) is 115 cm³/mol. The molecule has 0 bridgehead atoms. The van der Waals surface area contributed by atoms with E-state index in [2.05, 4.69) is 15.2 Å². The fourth-order valence-electron chi connectivity index (χ4n) is 3.25. The van der Waals surface area contributed by atoms with Crippen LogP contribution in [0.15, 0.2) is 63.2 Å². The minimum absolute atomic E-state index is 0.00801. The summed E-state index contributed by atoms with van der Waals surface area (Å²) >= 11 is 1.55. The number of carbonyl (C=O) groups excluding carboxylic acids is 1. The number of nitrogens with zero attached hydrogens (tertiary/aromatic N) is 4. The van der Waals surface area contributed by atoms with Gasteiger partial charge in [0.05, 0.1) is 28.3 Å². The topological polar surface area (TPSA) is 96.2 Å². The summed E-state index contributed by atoms with van der Waals surface area (Å²) in [6.45, 7) is 3.99. The molecule has 0 aliphatic heterocycles. The highest BCUT2D eigenvalue weighted by Gasteiger charge is 2.21. The number of fused-ring (bicyclic) bond motifs is 1. The zero-order valence-corrected chi connectivity index (χ0v) is 17.6. The number of hydrogen-bond acceptors (Lipinski definition) is 8. The summed E-state index contributed by atoms with van der Waals surface area (Å²) in [5.74, 6) is 0.708. The lowest BCUT2D eigenvalue weighted by atomic mass is 10.1. The van der Waals surface area contributed by atoms with Crippen LogP contribution in [0.2, 0.25) is 0 Å². The maximum Gasteiger partial charge on any atom is 0.339 e. The van der Waals surface area contributed by atoms with Crippen molar-refractivity contribution in [2.75, 3.05) is 0 Å². The van der Waals surface area contributed by atoms with Crippen LogP contribution in [0.3, 0.4) is 0 Å². The van der Waals surface area contributed by atoms with Gasteiger partial charge in [0.2, 0.25) is 0 Å². The Morgan fingerprint density at radius 2 is 2.13 bits per heavy atom. The molecule has 31 heavy (non-hydrogen) atoms. The number of furan rings is 1. The van der Waals surface area contributed by atoms with E-state index in [-0.39, 0.29) is 12.6 Å². The molecule has 0 N–H and O–H groups in total. The molecule has 0 amide bonds. The van der Waals surface area contributed by atoms with Gasteiger partial charge in [-0.05, 0) is 43.5 Å². The van der Waals surface area contributed by atoms with E-state index in [1.54, 1.807) is 52.7 Å². The van der Waals surface area contributed by atoms with Gasteiger partial charge in [-0.2, -0.15) is 5.10 Å². The first kappa shape index (κ1) is 19.3. The van der Waals surface area contributed by atoms with Crippen LogP contribution in [0.1, 0.15) is 35.9 Å². The molecule has 5 heterocycles. The minimum Gasteiger partial charge on any atom is -0.463 e. The third kappa shape index (κ3) is 3.64. The van der Waals surface area contributed by atoms with E-state index >= 15 is 0 Å². The molecule has 5 aromatic rings. The second kappa shape index (κ2) is 7.84. The van der Waals surface area contributed by atoms with Crippen molar-refractivity contribution < 1.29 is 18.5 Å². The Morgan fingerprint density at radius 3 is 2.87 bits per heavy atom. The molecule has 0 aromatic carbocycles. The van der Waals surface area contributed by atoms with Gasteiger partial charge in [-0.1, -0.05) is 11.2 Å². The van der Waals surface area contributed by atoms with Gasteiger partial charge in [-0.15, -0.1) is 11.3 Å². The highest BCUT2D eigenvalue weighted by molar-refractivity contribution is 7.13. The van der Waals surface area contributed by atoms with Gasteiger partial charge in [0, 0.05) is 12.1 Å². The summed E-state index contributed by atoms with van der Waals surface area (Å²) in [5, 5.41) is 11.0. The lowest BCUT2D eigenvalue weighted by Gasteiger charge is -2.09. The van der Waals surface area contributed by atoms with E-state index in [0.717, 1.165) is 4.88 Å². The van der Waals surface area contributed by atoms with Crippen molar-refractivity contribution >= 4 is 28.3 Å². The first-order chi connectivity index (χ1) is 15.1. The van der Waals surface area contributed by atoms with Gasteiger partial charge < -0.3 is 13.7 Å². The van der Waals surface area contributed by atoms with Crippen molar-refractivity contribution in [3.05, 3.63) is 65.5 Å². The molecular weight excluding hydrogens is 416 g/mol. The maximum absolute atomic E-state index is 13.0. The molecule has 0 atom stereocenters. The van der Waals surface area contributed by atoms with Crippen molar-refractivity contribution in [2.24, 2.45) is 0 Å². The molecule has 8 nitrogen and oxygen atoms in total. The molecule has 0 saturated carbocycles. The Balaban J connectivity index is 1.45. The molecule has 5 aromatic heterocycles. The third-order valence-corrected chi connectivity index (χ3v) is 5.61. The summed E-state index contributed by atoms with van der Waals surface area (Å²) in [5.41, 5.74) is 2.03. The van der Waals surface area contributed by atoms with E-state index < -0.39 is 5.97 Å². The van der Waals surface area contributed by atoms with Gasteiger partial charge in [-0.25, -0.2) is 14.5 Å². The molecule has 5 rings (SSSR count). The maximum atomic E-state index is 13.0. The first-order valence-electron chi connectivity index (χ1n) is 9.69. The van der Waals surface area contributed by atoms with Crippen molar-refractivity contribution in [1.82, 2.24) is 19.9 Å². The van der Waals surface area contributed by atoms with Crippen molar-refractivity contribution in [2.45, 2.75) is 26.5 Å². The van der Waals surface area contributed by atoms with Crippen LogP contribution >= 0.6 is 11.3 Å². The van der Waals surface area contributed by atoms with Gasteiger partial charge in [0.1, 0.15) is 18.0 Å². The van der Waals surface area contributed by atoms with E-state index in [1.165, 1.54) is 0 Å². The summed E-state index contributed by atoms with van der Waals surface area (Å²) < 4.78 is 18.1. The summed E-state index contributed by atoms with van der Waals surface area (Å²) in [7, 11) is 0. The highest BCUT2D eigenvalue weighted by Crippen LogP contribution is 2.28. The molecule has 0 radical (unpaired) electrons. The number of hydrogen-bond donors (Lipinski definition) is 0. The molecule has 0 unspecified atom stereocenters. The Labute approximate surface area is 181 Å². The highest BCUT2D eigenvalue weighted by atomic mass is 32.1. The summed E-state index contributed by atoms with van der Waals surface area (Å²) in [6.07, 6.45) is 3.20. The number of aromatic nitrogens is 4. The molecule has 0 spiro atoms. The summed E-state index contributed by atoms with van der Waals surface area (Å²) in [6, 6.07) is 11.0. The SMILES string of the molecule is CC(C)n1ncc2c(C(=O)OCc3cc(-c4cccs4)on3)cc(-c3ccco3)nc21. The number of ether oxygens (including phenoxy) is 1. The number of pyridine rings is 1. The largest absolute Gasteiger partial charge is 0.463 e. The van der Waals surface area contributed by atoms with Gasteiger partial charge in [0.25, 0.3) is 0 Å². The van der Waals surface area contributed by atoms with Gasteiger partial charge >= 0.3 is 5.97 Å². The van der Waals surface area contributed by atoms with Crippen molar-refractivity contribution in [3.63, 3.8) is 0 Å². The fraction of sp³-hybridized carbons (Fsp3) is 0.182. The molecular formula is C22H18N4O4S. The van der Waals surface area contributed by atoms with Crippen LogP contribution in [0.4, 0.5) is 0 Å². The lowest BCUT2D eigenvalue weighted by Crippen LogP contribution is -2.08. The normalized spacial score (nSPS) is 11.5. The van der Waals surface area contributed by atoms with Crippen LogP contribution in [-0.4, -0.2) is 25.9 Å². The van der Waals surface area contributed by atoms with Gasteiger partial charge in [-0.3, -0.25) is 0 Å². The Hall–Kier alpha value is -3.72. The van der Waals surface area contributed by atoms with E-state index in [0.29, 0.717) is 39.5 Å². The average molecular weight is 434 g/mol. The van der Waals surface area contributed by atoms with E-state index in [1.807, 2.05) is 31.4 Å². The third-order valence-electron chi connectivity index (χ3n) is 4.72. The quantitative estimate of drug-likeness (QED) is 0.333. The summed E-state index contributed by atoms with van der Waals surface area (Å²) in [4.78, 5) is 18.6. The Bertz CT molecular complexity index is 1330. The molecule has 9 heteroatoms. The second-order valence-corrected chi connectivity index (χ2v) is 8.14. The van der Waals surface area contributed by atoms with Crippen molar-refractivity contribution in [3.8, 4) is 22.1 Å². The fourth-order valence-corrected chi connectivity index (χ4v) is 3.92. The average Bonchev–Trinajstić information content (AvgIpc) is 3.56. The second-order valence-electron chi connectivity index (χ2n) is 7.19. The number of rotatable bonds is 6. The zero-order valence-electron chi connectivity index (χ0n) is 16.8. The standard InChI is InChI=1S/C22H18N4O4S/c1-13(2)26-21-16(11-23-26)15(10-17(24-21)18-5-3-7-28-18)22(27)29-12-14-9-19(30-25-14)20-6-4-8-31-20/h3-11,13H,12H2,1-2H3. The van der Waals surface area contributed by atoms with Crippen molar-refractivity contribution in [1.29, 1.82) is 0 Å². The van der Waals surface area contributed by atoms with Crippen LogP contribution in [0, 0.1) is 0 Å². The van der Waals surface area contributed by atoms with Crippen LogP contribution < -0.4 is 0 Å². The number of thiophene rings is 1. The Morgan fingerprint density at radius 1 is 1.23 bits per heavy atom. The monoisotopic (exact) mass is 434 g/mol. The van der Waals surface area contributed by atoms with Crippen LogP contribution in [0.25, 0.3) is 33.1 Å².